The van der Waals surface area contributed by atoms with E-state index < -0.39 is 0 Å². The molecule has 0 saturated heterocycles. The summed E-state index contributed by atoms with van der Waals surface area (Å²) in [7, 11) is 1.39. The predicted molar refractivity (Wildman–Crippen MR) is 40.4 cm³/mol. The molecule has 62 valence electrons. The van der Waals surface area contributed by atoms with Crippen molar-refractivity contribution in [3.63, 3.8) is 0 Å². The Hall–Kier alpha value is -1.19. The van der Waals surface area contributed by atoms with E-state index in [-0.39, 0.29) is 11.9 Å². The first-order chi connectivity index (χ1) is 5.24. The molecule has 0 radical (unpaired) electrons. The van der Waals surface area contributed by atoms with Crippen LogP contribution in [0.3, 0.4) is 0 Å². The molecule has 1 heterocycles. The van der Waals surface area contributed by atoms with Gasteiger partial charge in [-0.3, -0.25) is 4.79 Å². The van der Waals surface area contributed by atoms with Crippen molar-refractivity contribution in [1.82, 2.24) is 5.32 Å². The van der Waals surface area contributed by atoms with E-state index in [9.17, 15) is 4.79 Å². The molecule has 0 saturated carbocycles. The minimum Gasteiger partial charge on any atom is -0.469 e. The second kappa shape index (κ2) is 3.27. The van der Waals surface area contributed by atoms with Gasteiger partial charge in [-0.25, -0.2) is 0 Å². The van der Waals surface area contributed by atoms with Gasteiger partial charge in [0.1, 0.15) is 0 Å². The molecule has 0 spiro atoms. The van der Waals surface area contributed by atoms with Gasteiger partial charge in [-0.15, -0.1) is 0 Å². The van der Waals surface area contributed by atoms with Crippen LogP contribution >= 0.6 is 0 Å². The van der Waals surface area contributed by atoms with E-state index in [1.165, 1.54) is 7.11 Å². The molecule has 4 heteroatoms. The first kappa shape index (κ1) is 7.91. The van der Waals surface area contributed by atoms with Crippen LogP contribution in [0, 0.1) is 5.92 Å². The van der Waals surface area contributed by atoms with Crippen molar-refractivity contribution < 1.29 is 9.53 Å². The average Bonchev–Trinajstić information content (AvgIpc) is 2.05. The highest BCUT2D eigenvalue weighted by Gasteiger charge is 2.20. The Morgan fingerprint density at radius 3 is 3.09 bits per heavy atom. The Morgan fingerprint density at radius 1 is 1.91 bits per heavy atom. The Bertz CT molecular complexity index is 189. The molecule has 1 atom stereocenters. The van der Waals surface area contributed by atoms with Crippen LogP contribution < -0.4 is 11.1 Å². The average molecular weight is 156 g/mol. The minimum atomic E-state index is -0.179. The van der Waals surface area contributed by atoms with Crippen molar-refractivity contribution in [1.29, 1.82) is 0 Å². The maximum absolute atomic E-state index is 10.9. The topological polar surface area (TPSA) is 64.3 Å². The minimum absolute atomic E-state index is 0.0766. The second-order valence-corrected chi connectivity index (χ2v) is 2.50. The molecule has 1 aliphatic heterocycles. The fraction of sp³-hybridized carbons (Fsp3) is 0.571. The predicted octanol–water partition coefficient (Wildman–Crippen LogP) is -0.431. The summed E-state index contributed by atoms with van der Waals surface area (Å²) in [6.45, 7) is 0.578. The van der Waals surface area contributed by atoms with Crippen molar-refractivity contribution in [2.24, 2.45) is 11.7 Å². The van der Waals surface area contributed by atoms with Gasteiger partial charge in [0.2, 0.25) is 0 Å². The van der Waals surface area contributed by atoms with Crippen LogP contribution in [0.2, 0.25) is 0 Å². The molecule has 1 rings (SSSR count). The number of hydrogen-bond acceptors (Lipinski definition) is 4. The molecule has 0 aromatic carbocycles. The largest absolute Gasteiger partial charge is 0.469 e. The molecule has 0 fully saturated rings. The van der Waals surface area contributed by atoms with Crippen LogP contribution in [0.5, 0.6) is 0 Å². The quantitative estimate of drug-likeness (QED) is 0.505. The van der Waals surface area contributed by atoms with E-state index in [0.29, 0.717) is 18.8 Å². The first-order valence-corrected chi connectivity index (χ1v) is 3.51. The summed E-state index contributed by atoms with van der Waals surface area (Å²) < 4.78 is 4.58. The molecule has 1 unspecified atom stereocenters. The zero-order valence-electron chi connectivity index (χ0n) is 6.46. The number of methoxy groups -OCH3 is 1. The molecule has 4 nitrogen and oxygen atoms in total. The number of rotatable bonds is 1. The van der Waals surface area contributed by atoms with E-state index in [1.807, 2.05) is 0 Å². The standard InChI is InChI=1S/C7H12N2O2/c1-11-7(10)5-2-3-6(8)9-4-5/h3,5,9H,2,4,8H2,1H3. The lowest BCUT2D eigenvalue weighted by atomic mass is 10.0. The van der Waals surface area contributed by atoms with Crippen molar-refractivity contribution >= 4 is 5.97 Å². The van der Waals surface area contributed by atoms with E-state index in [2.05, 4.69) is 10.1 Å². The van der Waals surface area contributed by atoms with E-state index in [0.717, 1.165) is 0 Å². The fourth-order valence-corrected chi connectivity index (χ4v) is 1.01. The number of nitrogens with one attached hydrogen (secondary N) is 1. The molecule has 1 aliphatic rings. The summed E-state index contributed by atoms with van der Waals surface area (Å²) in [5, 5.41) is 2.89. The van der Waals surface area contributed by atoms with Gasteiger partial charge in [-0.05, 0) is 12.5 Å². The number of allylic oxidation sites excluding steroid dienone is 1. The van der Waals surface area contributed by atoms with Crippen LogP contribution in [0.1, 0.15) is 6.42 Å². The summed E-state index contributed by atoms with van der Waals surface area (Å²) in [5.74, 6) is 0.388. The number of ether oxygens (including phenoxy) is 1. The molecule has 0 bridgehead atoms. The highest BCUT2D eigenvalue weighted by atomic mass is 16.5. The van der Waals surface area contributed by atoms with Gasteiger partial charge in [-0.2, -0.15) is 0 Å². The summed E-state index contributed by atoms with van der Waals surface area (Å²) >= 11 is 0. The normalized spacial score (nSPS) is 23.4. The summed E-state index contributed by atoms with van der Waals surface area (Å²) in [6.07, 6.45) is 2.47. The Morgan fingerprint density at radius 2 is 2.64 bits per heavy atom. The maximum Gasteiger partial charge on any atom is 0.310 e. The zero-order chi connectivity index (χ0) is 8.27. The summed E-state index contributed by atoms with van der Waals surface area (Å²) in [4.78, 5) is 10.9. The lowest BCUT2D eigenvalue weighted by Crippen LogP contribution is -2.34. The van der Waals surface area contributed by atoms with Crippen LogP contribution in [-0.4, -0.2) is 19.6 Å². The van der Waals surface area contributed by atoms with Crippen molar-refractivity contribution in [2.45, 2.75) is 6.42 Å². The molecule has 0 aromatic rings. The second-order valence-electron chi connectivity index (χ2n) is 2.50. The SMILES string of the molecule is COC(=O)C1CC=C(N)NC1. The van der Waals surface area contributed by atoms with Crippen LogP contribution in [0.25, 0.3) is 0 Å². The van der Waals surface area contributed by atoms with Gasteiger partial charge < -0.3 is 15.8 Å². The Kier molecular flexibility index (Phi) is 2.36. The Labute approximate surface area is 65.4 Å². The van der Waals surface area contributed by atoms with Gasteiger partial charge in [-0.1, -0.05) is 0 Å². The van der Waals surface area contributed by atoms with E-state index >= 15 is 0 Å². The van der Waals surface area contributed by atoms with Crippen molar-refractivity contribution in [3.8, 4) is 0 Å². The number of hydrogen-bond donors (Lipinski definition) is 2. The van der Waals surface area contributed by atoms with Gasteiger partial charge in [0, 0.05) is 6.54 Å². The van der Waals surface area contributed by atoms with Crippen LogP contribution in [0.4, 0.5) is 0 Å². The first-order valence-electron chi connectivity index (χ1n) is 3.51. The van der Waals surface area contributed by atoms with Crippen LogP contribution in [0.15, 0.2) is 11.9 Å². The number of esters is 1. The Balaban J connectivity index is 2.47. The van der Waals surface area contributed by atoms with E-state index in [4.69, 9.17) is 5.73 Å². The third-order valence-electron chi connectivity index (χ3n) is 1.71. The third kappa shape index (κ3) is 1.86. The molecule has 11 heavy (non-hydrogen) atoms. The summed E-state index contributed by atoms with van der Waals surface area (Å²) in [5.41, 5.74) is 5.44. The molecule has 0 aliphatic carbocycles. The lowest BCUT2D eigenvalue weighted by molar-refractivity contribution is -0.145. The highest BCUT2D eigenvalue weighted by Crippen LogP contribution is 2.09. The molecular weight excluding hydrogens is 144 g/mol. The fourth-order valence-electron chi connectivity index (χ4n) is 1.01. The van der Waals surface area contributed by atoms with Crippen molar-refractivity contribution in [3.05, 3.63) is 11.9 Å². The van der Waals surface area contributed by atoms with E-state index in [1.54, 1.807) is 6.08 Å². The van der Waals surface area contributed by atoms with Crippen LogP contribution in [-0.2, 0) is 9.53 Å². The maximum atomic E-state index is 10.9. The number of carbonyl (C=O) groups is 1. The van der Waals surface area contributed by atoms with Gasteiger partial charge >= 0.3 is 5.97 Å². The van der Waals surface area contributed by atoms with Gasteiger partial charge in [0.25, 0.3) is 0 Å². The highest BCUT2D eigenvalue weighted by molar-refractivity contribution is 5.73. The number of nitrogens with two attached hydrogens (primary N) is 1. The van der Waals surface area contributed by atoms with Gasteiger partial charge in [0.15, 0.2) is 0 Å². The number of carbonyl (C=O) groups excluding carboxylic acids is 1. The van der Waals surface area contributed by atoms with Gasteiger partial charge in [0.05, 0.1) is 18.8 Å². The molecule has 0 aromatic heterocycles. The molecule has 3 N–H and O–H groups in total. The zero-order valence-corrected chi connectivity index (χ0v) is 6.46. The summed E-state index contributed by atoms with van der Waals surface area (Å²) in [6, 6.07) is 0. The third-order valence-corrected chi connectivity index (χ3v) is 1.71. The lowest BCUT2D eigenvalue weighted by Gasteiger charge is -2.19. The monoisotopic (exact) mass is 156 g/mol. The molecule has 0 amide bonds. The van der Waals surface area contributed by atoms with Crippen molar-refractivity contribution in [2.75, 3.05) is 13.7 Å². The smallest absolute Gasteiger partial charge is 0.310 e. The molecular formula is C7H12N2O2.